The molecule has 0 spiro atoms. The van der Waals surface area contributed by atoms with Crippen molar-refractivity contribution in [2.24, 2.45) is 5.16 Å². The van der Waals surface area contributed by atoms with Gasteiger partial charge in [0.1, 0.15) is 11.3 Å². The lowest BCUT2D eigenvalue weighted by molar-refractivity contribution is -0.384. The highest BCUT2D eigenvalue weighted by Crippen LogP contribution is 2.16. The number of non-ortho nitro benzene ring substituents is 1. The van der Waals surface area contributed by atoms with Crippen LogP contribution in [0.2, 0.25) is 0 Å². The van der Waals surface area contributed by atoms with Crippen LogP contribution in [-0.4, -0.2) is 25.6 Å². The summed E-state index contributed by atoms with van der Waals surface area (Å²) in [5.41, 5.74) is 1.57. The van der Waals surface area contributed by atoms with Crippen molar-refractivity contribution in [1.29, 1.82) is 0 Å². The molecule has 0 amide bonds. The number of aromatic nitrogens is 3. The van der Waals surface area contributed by atoms with Crippen molar-refractivity contribution in [3.05, 3.63) is 92.6 Å². The van der Waals surface area contributed by atoms with E-state index in [-0.39, 0.29) is 12.3 Å². The molecule has 0 aliphatic rings. The molecule has 0 saturated heterocycles. The fourth-order valence-corrected chi connectivity index (χ4v) is 2.80. The zero-order chi connectivity index (χ0) is 21.1. The van der Waals surface area contributed by atoms with Gasteiger partial charge in [0, 0.05) is 17.5 Å². The third-order valence-corrected chi connectivity index (χ3v) is 4.29. The Morgan fingerprint density at radius 1 is 1.23 bits per heavy atom. The fraction of sp³-hybridized carbons (Fsp3) is 0.100. The Hall–Kier alpha value is -4.34. The lowest BCUT2D eigenvalue weighted by atomic mass is 10.1. The maximum absolute atomic E-state index is 12.2. The number of nitrogens with zero attached hydrogens (tertiary/aromatic N) is 5. The van der Waals surface area contributed by atoms with E-state index in [9.17, 15) is 14.9 Å². The number of nitro groups is 1. The molecule has 0 atom stereocenters. The summed E-state index contributed by atoms with van der Waals surface area (Å²) in [6.07, 6.45) is 1.58. The Balaban J connectivity index is 1.47. The first-order chi connectivity index (χ1) is 14.5. The normalized spacial score (nSPS) is 11.6. The Bertz CT molecular complexity index is 1320. The second-order valence-electron chi connectivity index (χ2n) is 6.37. The first-order valence-electron chi connectivity index (χ1n) is 8.87. The van der Waals surface area contributed by atoms with Gasteiger partial charge in [-0.25, -0.2) is 9.48 Å². The summed E-state index contributed by atoms with van der Waals surface area (Å²) in [6, 6.07) is 14.9. The number of nitro benzene ring substituents is 1. The first kappa shape index (κ1) is 19.0. The van der Waals surface area contributed by atoms with Gasteiger partial charge in [0.15, 0.2) is 6.61 Å². The molecule has 10 heteroatoms. The van der Waals surface area contributed by atoms with Crippen LogP contribution in [0, 0.1) is 10.1 Å². The lowest BCUT2D eigenvalue weighted by Gasteiger charge is -2.02. The van der Waals surface area contributed by atoms with Crippen LogP contribution < -0.4 is 5.63 Å². The summed E-state index contributed by atoms with van der Waals surface area (Å²) in [6.45, 7) is 1.65. The van der Waals surface area contributed by atoms with Gasteiger partial charge in [-0.15, -0.1) is 5.10 Å². The van der Waals surface area contributed by atoms with Gasteiger partial charge in [0.25, 0.3) is 5.69 Å². The predicted octanol–water partition coefficient (Wildman–Crippen LogP) is 3.22. The molecular weight excluding hydrogens is 390 g/mol. The van der Waals surface area contributed by atoms with Crippen LogP contribution in [0.15, 0.2) is 75.2 Å². The van der Waals surface area contributed by atoms with Crippen LogP contribution in [0.1, 0.15) is 18.2 Å². The molecule has 4 rings (SSSR count). The molecule has 0 unspecified atom stereocenters. The summed E-state index contributed by atoms with van der Waals surface area (Å²) in [5, 5.41) is 23.6. The molecule has 2 heterocycles. The van der Waals surface area contributed by atoms with Crippen molar-refractivity contribution in [3.8, 4) is 5.69 Å². The van der Waals surface area contributed by atoms with E-state index in [1.165, 1.54) is 16.8 Å². The minimum Gasteiger partial charge on any atom is -0.422 e. The second kappa shape index (κ2) is 7.95. The maximum Gasteiger partial charge on any atom is 0.345 e. The van der Waals surface area contributed by atoms with Crippen LogP contribution in [0.25, 0.3) is 16.7 Å². The Labute approximate surface area is 169 Å². The molecule has 0 radical (unpaired) electrons. The third kappa shape index (κ3) is 3.92. The van der Waals surface area contributed by atoms with Crippen molar-refractivity contribution < 1.29 is 14.2 Å². The highest BCUT2D eigenvalue weighted by Gasteiger charge is 2.11. The standard InChI is InChI=1S/C20H15N5O5/c1-13(18-9-14-5-2-3-8-19(14)30-20(18)26)22-29-12-15-11-24(23-21-15)16-6-4-7-17(10-16)25(27)28/h2-11H,12H2,1H3. The smallest absolute Gasteiger partial charge is 0.345 e. The molecule has 10 nitrogen and oxygen atoms in total. The van der Waals surface area contributed by atoms with Gasteiger partial charge in [0.05, 0.1) is 28.1 Å². The molecule has 2 aromatic heterocycles. The fourth-order valence-electron chi connectivity index (χ4n) is 2.80. The summed E-state index contributed by atoms with van der Waals surface area (Å²) in [4.78, 5) is 27.9. The topological polar surface area (TPSA) is 126 Å². The van der Waals surface area contributed by atoms with E-state index in [0.29, 0.717) is 28.2 Å². The third-order valence-electron chi connectivity index (χ3n) is 4.29. The van der Waals surface area contributed by atoms with Crippen LogP contribution in [0.3, 0.4) is 0 Å². The average Bonchev–Trinajstić information content (AvgIpc) is 3.22. The summed E-state index contributed by atoms with van der Waals surface area (Å²) in [5.74, 6) is 0. The Kier molecular flexibility index (Phi) is 5.04. The van der Waals surface area contributed by atoms with Gasteiger partial charge >= 0.3 is 5.63 Å². The largest absolute Gasteiger partial charge is 0.422 e. The number of rotatable bonds is 6. The molecule has 0 aliphatic heterocycles. The van der Waals surface area contributed by atoms with E-state index in [1.807, 2.05) is 12.1 Å². The van der Waals surface area contributed by atoms with Gasteiger partial charge < -0.3 is 9.25 Å². The van der Waals surface area contributed by atoms with Crippen LogP contribution in [0.5, 0.6) is 0 Å². The van der Waals surface area contributed by atoms with Gasteiger partial charge in [-0.05, 0) is 25.1 Å². The molecule has 150 valence electrons. The molecule has 0 saturated carbocycles. The zero-order valence-corrected chi connectivity index (χ0v) is 15.8. The van der Waals surface area contributed by atoms with E-state index >= 15 is 0 Å². The van der Waals surface area contributed by atoms with Gasteiger partial charge in [-0.2, -0.15) is 0 Å². The Morgan fingerprint density at radius 3 is 2.90 bits per heavy atom. The highest BCUT2D eigenvalue weighted by molar-refractivity contribution is 6.00. The quantitative estimate of drug-likeness (QED) is 0.209. The number of hydrogen-bond acceptors (Lipinski definition) is 8. The molecule has 0 bridgehead atoms. The highest BCUT2D eigenvalue weighted by atomic mass is 16.6. The van der Waals surface area contributed by atoms with Crippen molar-refractivity contribution in [3.63, 3.8) is 0 Å². The number of benzene rings is 2. The minimum atomic E-state index is -0.504. The summed E-state index contributed by atoms with van der Waals surface area (Å²) in [7, 11) is 0. The zero-order valence-electron chi connectivity index (χ0n) is 15.8. The van der Waals surface area contributed by atoms with Crippen molar-refractivity contribution >= 4 is 22.4 Å². The molecule has 0 N–H and O–H groups in total. The number of hydrogen-bond donors (Lipinski definition) is 0. The van der Waals surface area contributed by atoms with Crippen molar-refractivity contribution in [2.45, 2.75) is 13.5 Å². The number of para-hydroxylation sites is 1. The second-order valence-corrected chi connectivity index (χ2v) is 6.37. The van der Waals surface area contributed by atoms with Crippen molar-refractivity contribution in [1.82, 2.24) is 15.0 Å². The van der Waals surface area contributed by atoms with Crippen LogP contribution in [0.4, 0.5) is 5.69 Å². The molecule has 2 aromatic carbocycles. The van der Waals surface area contributed by atoms with E-state index in [0.717, 1.165) is 5.39 Å². The molecule has 30 heavy (non-hydrogen) atoms. The number of oxime groups is 1. The summed E-state index contributed by atoms with van der Waals surface area (Å²) >= 11 is 0. The molecule has 0 fully saturated rings. The molecule has 0 aliphatic carbocycles. The van der Waals surface area contributed by atoms with Crippen LogP contribution in [-0.2, 0) is 11.4 Å². The summed E-state index contributed by atoms with van der Waals surface area (Å²) < 4.78 is 6.69. The monoisotopic (exact) mass is 405 g/mol. The number of fused-ring (bicyclic) bond motifs is 1. The Morgan fingerprint density at radius 2 is 2.07 bits per heavy atom. The minimum absolute atomic E-state index is 0.00514. The van der Waals surface area contributed by atoms with Crippen LogP contribution >= 0.6 is 0 Å². The van der Waals surface area contributed by atoms with Gasteiger partial charge in [-0.1, -0.05) is 34.6 Å². The average molecular weight is 405 g/mol. The lowest BCUT2D eigenvalue weighted by Crippen LogP contribution is -2.12. The van der Waals surface area contributed by atoms with E-state index in [1.54, 1.807) is 43.5 Å². The molecular formula is C20H15N5O5. The predicted molar refractivity (Wildman–Crippen MR) is 107 cm³/mol. The first-order valence-corrected chi connectivity index (χ1v) is 8.87. The van der Waals surface area contributed by atoms with E-state index in [2.05, 4.69) is 15.5 Å². The van der Waals surface area contributed by atoms with E-state index < -0.39 is 10.5 Å². The van der Waals surface area contributed by atoms with E-state index in [4.69, 9.17) is 9.25 Å². The van der Waals surface area contributed by atoms with Gasteiger partial charge in [0.2, 0.25) is 0 Å². The van der Waals surface area contributed by atoms with Gasteiger partial charge in [-0.3, -0.25) is 10.1 Å². The SMILES string of the molecule is CC(=NOCc1cn(-c2cccc([N+](=O)[O-])c2)nn1)c1cc2ccccc2oc1=O. The van der Waals surface area contributed by atoms with Crippen molar-refractivity contribution in [2.75, 3.05) is 0 Å². The maximum atomic E-state index is 12.2. The molecule has 4 aromatic rings.